The van der Waals surface area contributed by atoms with Crippen molar-refractivity contribution in [2.75, 3.05) is 12.8 Å². The molecule has 0 atom stereocenters. The van der Waals surface area contributed by atoms with Gasteiger partial charge >= 0.3 is 5.97 Å². The van der Waals surface area contributed by atoms with Gasteiger partial charge in [0.15, 0.2) is 17.3 Å². The number of nitrogen functional groups attached to an aromatic ring is 1. The molecule has 0 bridgehead atoms. The lowest BCUT2D eigenvalue weighted by atomic mass is 10.1. The maximum absolute atomic E-state index is 11.9. The van der Waals surface area contributed by atoms with Crippen LogP contribution in [0, 0.1) is 0 Å². The van der Waals surface area contributed by atoms with E-state index in [0.29, 0.717) is 16.9 Å². The molecule has 0 amide bonds. The molecule has 2 rings (SSSR count). The van der Waals surface area contributed by atoms with Crippen LogP contribution < -0.4 is 10.5 Å². The van der Waals surface area contributed by atoms with Gasteiger partial charge in [-0.15, -0.1) is 0 Å². The van der Waals surface area contributed by atoms with Crippen LogP contribution in [0.25, 0.3) is 0 Å². The van der Waals surface area contributed by atoms with Crippen molar-refractivity contribution in [1.82, 2.24) is 9.97 Å². The summed E-state index contributed by atoms with van der Waals surface area (Å²) in [6, 6.07) is 4.91. The Morgan fingerprint density at radius 3 is 2.59 bits per heavy atom. The number of rotatable bonds is 5. The molecule has 0 spiro atoms. The highest BCUT2D eigenvalue weighted by molar-refractivity contribution is 5.94. The van der Waals surface area contributed by atoms with Gasteiger partial charge in [0.1, 0.15) is 12.4 Å². The number of carbonyl (C=O) groups is 2. The first kappa shape index (κ1) is 15.4. The molecular weight excluding hydrogens is 286 g/mol. The number of aromatic nitrogens is 2. The maximum atomic E-state index is 11.9. The van der Waals surface area contributed by atoms with Gasteiger partial charge in [0.25, 0.3) is 0 Å². The maximum Gasteiger partial charge on any atom is 0.361 e. The third-order valence-corrected chi connectivity index (χ3v) is 2.97. The monoisotopic (exact) mass is 301 g/mol. The van der Waals surface area contributed by atoms with E-state index >= 15 is 0 Å². The van der Waals surface area contributed by atoms with E-state index < -0.39 is 5.97 Å². The van der Waals surface area contributed by atoms with Crippen LogP contribution >= 0.6 is 0 Å². The van der Waals surface area contributed by atoms with E-state index in [1.807, 2.05) is 0 Å². The predicted octanol–water partition coefficient (Wildman–Crippen LogP) is 1.63. The molecule has 7 nitrogen and oxygen atoms in total. The summed E-state index contributed by atoms with van der Waals surface area (Å²) in [6.07, 6.45) is 2.73. The van der Waals surface area contributed by atoms with Crippen LogP contribution in [-0.2, 0) is 11.3 Å². The van der Waals surface area contributed by atoms with E-state index in [2.05, 4.69) is 9.97 Å². The largest absolute Gasteiger partial charge is 0.496 e. The number of hydrogen-bond acceptors (Lipinski definition) is 7. The lowest BCUT2D eigenvalue weighted by Gasteiger charge is -2.10. The molecule has 2 N–H and O–H groups in total. The summed E-state index contributed by atoms with van der Waals surface area (Å²) in [6.45, 7) is 1.39. The molecule has 0 aliphatic carbocycles. The van der Waals surface area contributed by atoms with E-state index in [4.69, 9.17) is 15.2 Å². The van der Waals surface area contributed by atoms with E-state index in [1.54, 1.807) is 18.2 Å². The Morgan fingerprint density at radius 2 is 1.95 bits per heavy atom. The summed E-state index contributed by atoms with van der Waals surface area (Å²) >= 11 is 0. The summed E-state index contributed by atoms with van der Waals surface area (Å²) in [5.74, 6) is -0.267. The van der Waals surface area contributed by atoms with Crippen LogP contribution in [0.4, 0.5) is 5.82 Å². The Hall–Kier alpha value is -2.96. The van der Waals surface area contributed by atoms with E-state index in [0.717, 1.165) is 0 Å². The summed E-state index contributed by atoms with van der Waals surface area (Å²) in [7, 11) is 1.49. The van der Waals surface area contributed by atoms with Crippen molar-refractivity contribution in [3.8, 4) is 5.75 Å². The first-order valence-electron chi connectivity index (χ1n) is 6.44. The lowest BCUT2D eigenvalue weighted by molar-refractivity contribution is 0.0464. The minimum Gasteiger partial charge on any atom is -0.496 e. The molecule has 2 aromatic rings. The lowest BCUT2D eigenvalue weighted by Crippen LogP contribution is -2.12. The molecule has 0 saturated carbocycles. The van der Waals surface area contributed by atoms with Gasteiger partial charge < -0.3 is 15.2 Å². The molecule has 1 heterocycles. The zero-order chi connectivity index (χ0) is 16.1. The zero-order valence-electron chi connectivity index (χ0n) is 12.2. The van der Waals surface area contributed by atoms with Crippen molar-refractivity contribution in [2.45, 2.75) is 13.5 Å². The number of benzene rings is 1. The van der Waals surface area contributed by atoms with Crippen molar-refractivity contribution < 1.29 is 19.1 Å². The van der Waals surface area contributed by atoms with Gasteiger partial charge in [-0.1, -0.05) is 0 Å². The molecule has 0 radical (unpaired) electrons. The Bertz CT molecular complexity index is 716. The molecule has 7 heteroatoms. The van der Waals surface area contributed by atoms with Crippen molar-refractivity contribution in [3.05, 3.63) is 47.4 Å². The summed E-state index contributed by atoms with van der Waals surface area (Å²) in [5.41, 5.74) is 6.60. The Labute approximate surface area is 127 Å². The van der Waals surface area contributed by atoms with Crippen LogP contribution in [-0.4, -0.2) is 28.8 Å². The number of carbonyl (C=O) groups excluding carboxylic acids is 2. The van der Waals surface area contributed by atoms with Crippen molar-refractivity contribution in [3.63, 3.8) is 0 Å². The molecule has 1 aromatic carbocycles. The molecule has 0 unspecified atom stereocenters. The first-order chi connectivity index (χ1) is 10.5. The second-order valence-electron chi connectivity index (χ2n) is 4.45. The van der Waals surface area contributed by atoms with E-state index in [1.165, 1.54) is 26.4 Å². The highest BCUT2D eigenvalue weighted by atomic mass is 16.5. The average molecular weight is 301 g/mol. The summed E-state index contributed by atoms with van der Waals surface area (Å²) < 4.78 is 10.3. The zero-order valence-corrected chi connectivity index (χ0v) is 12.2. The van der Waals surface area contributed by atoms with Crippen molar-refractivity contribution in [2.24, 2.45) is 0 Å². The van der Waals surface area contributed by atoms with Crippen LogP contribution in [0.2, 0.25) is 0 Å². The van der Waals surface area contributed by atoms with Gasteiger partial charge in [-0.25, -0.2) is 14.8 Å². The van der Waals surface area contributed by atoms with Gasteiger partial charge in [0.2, 0.25) is 0 Å². The number of nitrogens with two attached hydrogens (primary N) is 1. The minimum atomic E-state index is -0.694. The van der Waals surface area contributed by atoms with Gasteiger partial charge in [0.05, 0.1) is 7.11 Å². The normalized spacial score (nSPS) is 10.1. The predicted molar refractivity (Wildman–Crippen MR) is 78.6 cm³/mol. The Morgan fingerprint density at radius 1 is 1.23 bits per heavy atom. The highest BCUT2D eigenvalue weighted by Gasteiger charge is 2.15. The second kappa shape index (κ2) is 6.66. The van der Waals surface area contributed by atoms with Crippen LogP contribution in [0.1, 0.15) is 33.3 Å². The van der Waals surface area contributed by atoms with E-state index in [-0.39, 0.29) is 23.9 Å². The van der Waals surface area contributed by atoms with Gasteiger partial charge in [-0.2, -0.15) is 0 Å². The molecule has 114 valence electrons. The van der Waals surface area contributed by atoms with Crippen LogP contribution in [0.5, 0.6) is 5.75 Å². The molecular formula is C15H15N3O4. The number of Topliss-reactive ketones (excluding diaryl/α,β-unsaturated/α-hetero) is 1. The Balaban J connectivity index is 2.17. The number of nitrogens with zero attached hydrogens (tertiary/aromatic N) is 2. The SMILES string of the molecule is COc1ccc(C(C)=O)cc1COC(=O)c1nccnc1N. The quantitative estimate of drug-likeness (QED) is 0.661. The topological polar surface area (TPSA) is 104 Å². The molecule has 0 saturated heterocycles. The number of ketones is 1. The average Bonchev–Trinajstić information content (AvgIpc) is 2.52. The third kappa shape index (κ3) is 3.38. The fourth-order valence-electron chi connectivity index (χ4n) is 1.83. The van der Waals surface area contributed by atoms with Crippen molar-refractivity contribution >= 4 is 17.6 Å². The molecule has 1 aromatic heterocycles. The van der Waals surface area contributed by atoms with Gasteiger partial charge in [0, 0.05) is 23.5 Å². The Kier molecular flexibility index (Phi) is 4.67. The minimum absolute atomic E-state index is 0.00282. The van der Waals surface area contributed by atoms with Crippen LogP contribution in [0.3, 0.4) is 0 Å². The first-order valence-corrected chi connectivity index (χ1v) is 6.44. The van der Waals surface area contributed by atoms with Crippen LogP contribution in [0.15, 0.2) is 30.6 Å². The number of anilines is 1. The fraction of sp³-hybridized carbons (Fsp3) is 0.200. The van der Waals surface area contributed by atoms with Gasteiger partial charge in [-0.3, -0.25) is 4.79 Å². The standard InChI is InChI=1S/C15H15N3O4/c1-9(19)10-3-4-12(21-2)11(7-10)8-22-15(20)13-14(16)18-6-5-17-13/h3-7H,8H2,1-2H3,(H2,16,18). The summed E-state index contributed by atoms with van der Waals surface area (Å²) in [4.78, 5) is 31.0. The summed E-state index contributed by atoms with van der Waals surface area (Å²) in [5, 5.41) is 0. The second-order valence-corrected chi connectivity index (χ2v) is 4.45. The molecule has 0 fully saturated rings. The number of methoxy groups -OCH3 is 1. The molecule has 22 heavy (non-hydrogen) atoms. The number of esters is 1. The molecule has 0 aliphatic rings. The highest BCUT2D eigenvalue weighted by Crippen LogP contribution is 2.21. The van der Waals surface area contributed by atoms with E-state index in [9.17, 15) is 9.59 Å². The van der Waals surface area contributed by atoms with Crippen molar-refractivity contribution in [1.29, 1.82) is 0 Å². The molecule has 0 aliphatic heterocycles. The number of hydrogen-bond donors (Lipinski definition) is 1. The third-order valence-electron chi connectivity index (χ3n) is 2.97. The fourth-order valence-corrected chi connectivity index (χ4v) is 1.83. The number of ether oxygens (including phenoxy) is 2. The smallest absolute Gasteiger partial charge is 0.361 e. The van der Waals surface area contributed by atoms with Gasteiger partial charge in [-0.05, 0) is 25.1 Å².